The molecule has 4 heterocycles. The van der Waals surface area contributed by atoms with Crippen LogP contribution in [0.1, 0.15) is 64.5 Å². The van der Waals surface area contributed by atoms with Crippen LogP contribution in [0.15, 0.2) is 158 Å². The third-order valence-corrected chi connectivity index (χ3v) is 13.0. The Hall–Kier alpha value is -8.12. The van der Waals surface area contributed by atoms with Crippen molar-refractivity contribution in [2.45, 2.75) is 49.2 Å². The lowest BCUT2D eigenvalue weighted by atomic mass is 9.65. The Morgan fingerprint density at radius 1 is 0.821 bits per heavy atom. The number of carbonyl (C=O) groups excluding carboxylic acids is 3. The fraction of sp³-hybridized carbons (Fsp3) is 0.208. The molecule has 6 aromatic carbocycles. The molecular weight excluding hydrogens is 849 g/mol. The Kier molecular flexibility index (Phi) is 11.3. The monoisotopic (exact) mass is 892 g/mol. The molecule has 3 aliphatic rings. The number of nitrogens with one attached hydrogen (secondary N) is 1. The molecule has 0 saturated carbocycles. The van der Waals surface area contributed by atoms with Crippen LogP contribution in [-0.2, 0) is 31.1 Å². The van der Waals surface area contributed by atoms with Crippen LogP contribution in [0.3, 0.4) is 0 Å². The van der Waals surface area contributed by atoms with Gasteiger partial charge in [-0.1, -0.05) is 132 Å². The number of urea groups is 1. The maximum Gasteiger partial charge on any atom is 0.329 e. The van der Waals surface area contributed by atoms with Gasteiger partial charge in [0.05, 0.1) is 35.9 Å². The third kappa shape index (κ3) is 7.34. The van der Waals surface area contributed by atoms with Crippen molar-refractivity contribution in [3.63, 3.8) is 0 Å². The minimum Gasteiger partial charge on any atom is -0.491 e. The summed E-state index contributed by atoms with van der Waals surface area (Å²) in [7, 11) is 0. The van der Waals surface area contributed by atoms with E-state index in [1.54, 1.807) is 54.1 Å². The van der Waals surface area contributed by atoms with Crippen molar-refractivity contribution in [3.05, 3.63) is 191 Å². The number of esters is 1. The van der Waals surface area contributed by atoms with Crippen molar-refractivity contribution < 1.29 is 38.9 Å². The summed E-state index contributed by atoms with van der Waals surface area (Å²) in [6.07, 6.45) is -0.946. The molecule has 10 rings (SSSR count). The molecule has 14 nitrogen and oxygen atoms in total. The summed E-state index contributed by atoms with van der Waals surface area (Å²) in [4.78, 5) is 63.3. The van der Waals surface area contributed by atoms with Gasteiger partial charge in [-0.15, -0.1) is 5.10 Å². The Balaban J connectivity index is 1.20. The molecule has 0 aliphatic carbocycles. The third-order valence-electron chi connectivity index (χ3n) is 13.0. The summed E-state index contributed by atoms with van der Waals surface area (Å²) in [5, 5.41) is 32.7. The summed E-state index contributed by atoms with van der Waals surface area (Å²) >= 11 is 0. The Morgan fingerprint density at radius 3 is 2.19 bits per heavy atom. The number of anilines is 1. The van der Waals surface area contributed by atoms with Gasteiger partial charge in [0.2, 0.25) is 5.91 Å². The number of rotatable bonds is 10. The van der Waals surface area contributed by atoms with Crippen LogP contribution in [0.25, 0.3) is 11.0 Å². The molecule has 334 valence electrons. The highest BCUT2D eigenvalue weighted by Crippen LogP contribution is 2.66. The van der Waals surface area contributed by atoms with Crippen LogP contribution in [0, 0.1) is 17.8 Å². The number of aliphatic carboxylic acids is 1. The SMILES string of the molecule is C[C@@H](NC(=O)N1C(=O)[C@@]2(c3cc(C#CCn4nnc5ccccc54)ccc31)[C@H](C(=O)O)[C@H]1C(=O)O[C@H](c3ccccc3)[C@H](c3ccccc3)N1[C@@H]2c1ccc(OCCO)cc1)c1ccccc1. The van der Waals surface area contributed by atoms with Gasteiger partial charge in [-0.2, -0.15) is 0 Å². The van der Waals surface area contributed by atoms with Gasteiger partial charge in [-0.3, -0.25) is 19.3 Å². The molecule has 3 aliphatic heterocycles. The maximum atomic E-state index is 16.2. The number of benzene rings is 6. The van der Waals surface area contributed by atoms with Gasteiger partial charge in [-0.05, 0) is 77.2 Å². The van der Waals surface area contributed by atoms with E-state index in [4.69, 9.17) is 9.47 Å². The Bertz CT molecular complexity index is 3060. The summed E-state index contributed by atoms with van der Waals surface area (Å²) in [5.74, 6) is 1.90. The Morgan fingerprint density at radius 2 is 1.49 bits per heavy atom. The lowest BCUT2D eigenvalue weighted by Crippen LogP contribution is -2.54. The predicted octanol–water partition coefficient (Wildman–Crippen LogP) is 7.08. The normalized spacial score (nSPS) is 22.4. The van der Waals surface area contributed by atoms with E-state index in [9.17, 15) is 24.6 Å². The molecule has 2 fully saturated rings. The van der Waals surface area contributed by atoms with Crippen molar-refractivity contribution in [1.29, 1.82) is 0 Å². The molecule has 0 bridgehead atoms. The zero-order valence-corrected chi connectivity index (χ0v) is 36.2. The lowest BCUT2D eigenvalue weighted by Gasteiger charge is -2.46. The number of ether oxygens (including phenoxy) is 2. The number of imide groups is 1. The summed E-state index contributed by atoms with van der Waals surface area (Å²) in [6.45, 7) is 1.76. The van der Waals surface area contributed by atoms with Gasteiger partial charge in [0.1, 0.15) is 47.9 Å². The topological polar surface area (TPSA) is 176 Å². The number of cyclic esters (lactones) is 1. The van der Waals surface area contributed by atoms with Gasteiger partial charge in [-0.25, -0.2) is 14.4 Å². The van der Waals surface area contributed by atoms with E-state index in [1.165, 1.54) is 0 Å². The molecule has 1 aromatic heterocycles. The number of hydrogen-bond donors (Lipinski definition) is 3. The van der Waals surface area contributed by atoms with Crippen LogP contribution in [0.2, 0.25) is 0 Å². The zero-order valence-electron chi connectivity index (χ0n) is 36.2. The fourth-order valence-corrected chi connectivity index (χ4v) is 10.2. The maximum absolute atomic E-state index is 16.2. The first-order chi connectivity index (χ1) is 32.7. The average molecular weight is 893 g/mol. The number of para-hydroxylation sites is 1. The number of carboxylic acids is 1. The second kappa shape index (κ2) is 17.7. The molecule has 2 saturated heterocycles. The predicted molar refractivity (Wildman–Crippen MR) is 246 cm³/mol. The van der Waals surface area contributed by atoms with Gasteiger partial charge < -0.3 is 25.0 Å². The van der Waals surface area contributed by atoms with E-state index in [0.717, 1.165) is 16.0 Å². The van der Waals surface area contributed by atoms with Crippen molar-refractivity contribution in [1.82, 2.24) is 25.2 Å². The number of amides is 3. The van der Waals surface area contributed by atoms with Crippen LogP contribution in [0.5, 0.6) is 5.75 Å². The van der Waals surface area contributed by atoms with Crippen molar-refractivity contribution in [3.8, 4) is 17.6 Å². The van der Waals surface area contributed by atoms with Crippen LogP contribution in [0.4, 0.5) is 10.5 Å². The molecule has 3 N–H and O–H groups in total. The highest BCUT2D eigenvalue weighted by atomic mass is 16.6. The van der Waals surface area contributed by atoms with E-state index in [1.807, 2.05) is 120 Å². The summed E-state index contributed by atoms with van der Waals surface area (Å²) < 4.78 is 13.8. The number of aliphatic hydroxyl groups excluding tert-OH is 1. The van der Waals surface area contributed by atoms with Crippen molar-refractivity contribution in [2.75, 3.05) is 18.1 Å². The number of carboxylic acid groups (broad SMARTS) is 1. The minimum absolute atomic E-state index is 0.0248. The highest BCUT2D eigenvalue weighted by Gasteiger charge is 2.76. The fourth-order valence-electron chi connectivity index (χ4n) is 10.2. The molecule has 7 atom stereocenters. The number of aromatic nitrogens is 3. The van der Waals surface area contributed by atoms with E-state index in [2.05, 4.69) is 27.5 Å². The van der Waals surface area contributed by atoms with E-state index in [0.29, 0.717) is 33.5 Å². The van der Waals surface area contributed by atoms with Gasteiger partial charge in [0.15, 0.2) is 0 Å². The summed E-state index contributed by atoms with van der Waals surface area (Å²) in [5.41, 5.74) is 2.77. The number of aliphatic hydroxyl groups is 1. The molecule has 3 amide bonds. The first kappa shape index (κ1) is 42.8. The zero-order chi connectivity index (χ0) is 46.2. The van der Waals surface area contributed by atoms with Gasteiger partial charge >= 0.3 is 18.0 Å². The number of morpholine rings is 1. The molecule has 0 radical (unpaired) electrons. The number of nitrogens with zero attached hydrogens (tertiary/aromatic N) is 5. The second-order valence-electron chi connectivity index (χ2n) is 16.7. The molecule has 67 heavy (non-hydrogen) atoms. The second-order valence-corrected chi connectivity index (χ2v) is 16.7. The van der Waals surface area contributed by atoms with Gasteiger partial charge in [0, 0.05) is 5.56 Å². The van der Waals surface area contributed by atoms with Crippen LogP contribution < -0.4 is 15.0 Å². The largest absolute Gasteiger partial charge is 0.491 e. The first-order valence-electron chi connectivity index (χ1n) is 22.0. The quantitative estimate of drug-likeness (QED) is 0.0946. The van der Waals surface area contributed by atoms with Gasteiger partial charge in [0.25, 0.3) is 0 Å². The first-order valence-corrected chi connectivity index (χ1v) is 22.0. The Labute approximate surface area is 385 Å². The smallest absolute Gasteiger partial charge is 0.329 e. The average Bonchev–Trinajstić information content (AvgIpc) is 4.00. The number of hydrogen-bond acceptors (Lipinski definition) is 10. The highest BCUT2D eigenvalue weighted by molar-refractivity contribution is 6.24. The molecule has 1 spiro atoms. The van der Waals surface area contributed by atoms with E-state index in [-0.39, 0.29) is 31.0 Å². The lowest BCUT2D eigenvalue weighted by molar-refractivity contribution is -0.179. The standard InChI is InChI=1S/C53H44N6O8/c1-33(35-15-5-2-6-16-35)54-52(65)58-42-28-23-34(14-13-29-57-43-22-12-11-21-41(43)55-56-57)32-40(42)53(51(58)64)44(49(61)62)46-50(63)67-47(37-19-9-4-10-20-37)45(36-17-7-3-8-18-36)59(46)48(53)38-24-26-39(27-25-38)66-31-30-60/h2-12,15-28,32-33,44-48,60H,29-31H2,1H3,(H,54,65)(H,61,62)/t33-,44+,45+,46+,47-,48-,53+/m1/s1. The summed E-state index contributed by atoms with van der Waals surface area (Å²) in [6, 6.07) is 42.2. The van der Waals surface area contributed by atoms with Crippen LogP contribution >= 0.6 is 0 Å². The molecule has 14 heteroatoms. The van der Waals surface area contributed by atoms with Crippen molar-refractivity contribution in [2.24, 2.45) is 5.92 Å². The molecule has 7 aromatic rings. The van der Waals surface area contributed by atoms with Crippen LogP contribution in [-0.4, -0.2) is 73.2 Å². The van der Waals surface area contributed by atoms with E-state index >= 15 is 4.79 Å². The number of fused-ring (bicyclic) bond motifs is 4. The minimum atomic E-state index is -2.15. The molecular formula is C53H44N6O8. The van der Waals surface area contributed by atoms with Crippen molar-refractivity contribution >= 4 is 40.6 Å². The number of carbonyl (C=O) groups is 4. The molecule has 0 unspecified atom stereocenters. The van der Waals surface area contributed by atoms with E-state index < -0.39 is 65.5 Å².